The Kier molecular flexibility index (Phi) is 5.70. The Balaban J connectivity index is 1.83. The van der Waals surface area contributed by atoms with Crippen LogP contribution in [-0.4, -0.2) is 16.7 Å². The van der Waals surface area contributed by atoms with Gasteiger partial charge in [0.05, 0.1) is 11.4 Å². The molecule has 1 amide bonds. The van der Waals surface area contributed by atoms with E-state index >= 15 is 0 Å². The van der Waals surface area contributed by atoms with Crippen molar-refractivity contribution in [2.24, 2.45) is 0 Å². The van der Waals surface area contributed by atoms with Crippen LogP contribution in [-0.2, 0) is 4.79 Å². The minimum atomic E-state index is -1.11. The number of allylic oxidation sites excluding steroid dienone is 1. The highest BCUT2D eigenvalue weighted by atomic mass is 32.1. The van der Waals surface area contributed by atoms with Crippen molar-refractivity contribution in [3.63, 3.8) is 0 Å². The molecule has 0 aliphatic heterocycles. The van der Waals surface area contributed by atoms with Crippen molar-refractivity contribution in [3.8, 4) is 0 Å². The highest BCUT2D eigenvalue weighted by Gasteiger charge is 2.20. The zero-order chi connectivity index (χ0) is 20.3. The summed E-state index contributed by atoms with van der Waals surface area (Å²) in [4.78, 5) is 29.5. The molecule has 0 N–H and O–H groups in total. The Morgan fingerprint density at radius 1 is 1.04 bits per heavy atom. The van der Waals surface area contributed by atoms with Crippen LogP contribution in [0.5, 0.6) is 0 Å². The van der Waals surface area contributed by atoms with E-state index in [1.165, 1.54) is 37.3 Å². The molecule has 8 heteroatoms. The van der Waals surface area contributed by atoms with E-state index in [9.17, 15) is 22.8 Å². The fraction of sp³-hybridized carbons (Fsp3) is 0.0500. The van der Waals surface area contributed by atoms with E-state index in [0.717, 1.165) is 34.4 Å². The molecule has 1 aromatic heterocycles. The topological polar surface area (TPSA) is 50.3 Å². The van der Waals surface area contributed by atoms with E-state index in [-0.39, 0.29) is 16.4 Å². The average molecular weight is 402 g/mol. The molecule has 0 atom stereocenters. The molecule has 28 heavy (non-hydrogen) atoms. The Bertz CT molecular complexity index is 1080. The molecule has 0 spiro atoms. The van der Waals surface area contributed by atoms with Crippen LogP contribution in [0.4, 0.5) is 24.0 Å². The number of aromatic nitrogens is 1. The van der Waals surface area contributed by atoms with E-state index in [4.69, 9.17) is 0 Å². The summed E-state index contributed by atoms with van der Waals surface area (Å²) < 4.78 is 40.2. The van der Waals surface area contributed by atoms with Gasteiger partial charge in [-0.05, 0) is 42.5 Å². The lowest BCUT2D eigenvalue weighted by molar-refractivity contribution is -0.115. The molecular formula is C20H13F3N2O2S. The van der Waals surface area contributed by atoms with Crippen LogP contribution in [0.1, 0.15) is 23.0 Å². The van der Waals surface area contributed by atoms with Gasteiger partial charge in [-0.25, -0.2) is 18.2 Å². The molecule has 0 aliphatic rings. The first-order valence-corrected chi connectivity index (χ1v) is 8.93. The number of thiazole rings is 1. The lowest BCUT2D eigenvalue weighted by Crippen LogP contribution is -2.23. The first-order valence-electron chi connectivity index (χ1n) is 8.05. The van der Waals surface area contributed by atoms with Gasteiger partial charge >= 0.3 is 0 Å². The molecule has 4 nitrogen and oxygen atoms in total. The standard InChI is InChI=1S/C20H13F3N2O2S/c1-12(26)25(18-5-3-2-4-16(18)22)20-24-14(11-28-20)7-9-19(27)13-6-8-15(21)17(23)10-13/h2-11H,1H3/b9-7+. The number of benzene rings is 2. The fourth-order valence-electron chi connectivity index (χ4n) is 2.40. The maximum absolute atomic E-state index is 14.1. The van der Waals surface area contributed by atoms with Gasteiger partial charge in [0.2, 0.25) is 5.91 Å². The number of ketones is 1. The van der Waals surface area contributed by atoms with Crippen molar-refractivity contribution in [1.29, 1.82) is 0 Å². The summed E-state index contributed by atoms with van der Waals surface area (Å²) in [6.07, 6.45) is 2.54. The third kappa shape index (κ3) is 4.17. The quantitative estimate of drug-likeness (QED) is 0.439. The van der Waals surface area contributed by atoms with E-state index in [0.29, 0.717) is 5.69 Å². The number of anilines is 2. The van der Waals surface area contributed by atoms with Gasteiger partial charge in [-0.1, -0.05) is 12.1 Å². The Labute approximate surface area is 162 Å². The minimum absolute atomic E-state index is 0.0117. The molecule has 0 bridgehead atoms. The number of halogens is 3. The summed E-state index contributed by atoms with van der Waals surface area (Å²) in [6, 6.07) is 8.66. The third-order valence-corrected chi connectivity index (χ3v) is 4.56. The molecule has 0 fully saturated rings. The number of hydrogen-bond acceptors (Lipinski definition) is 4. The predicted octanol–water partition coefficient (Wildman–Crippen LogP) is 5.14. The molecule has 0 unspecified atom stereocenters. The number of carbonyl (C=O) groups is 2. The number of para-hydroxylation sites is 1. The summed E-state index contributed by atoms with van der Waals surface area (Å²) in [5.41, 5.74) is 0.415. The second-order valence-corrected chi connectivity index (χ2v) is 6.52. The average Bonchev–Trinajstić information content (AvgIpc) is 3.12. The maximum atomic E-state index is 14.1. The number of nitrogens with zero attached hydrogens (tertiary/aromatic N) is 2. The highest BCUT2D eigenvalue weighted by molar-refractivity contribution is 7.14. The molecule has 2 aromatic carbocycles. The molecule has 142 valence electrons. The Morgan fingerprint density at radius 3 is 2.46 bits per heavy atom. The van der Waals surface area contributed by atoms with E-state index in [1.54, 1.807) is 11.4 Å². The molecule has 0 saturated heterocycles. The molecule has 1 heterocycles. The van der Waals surface area contributed by atoms with Gasteiger partial charge in [-0.2, -0.15) is 0 Å². The summed E-state index contributed by atoms with van der Waals surface area (Å²) in [7, 11) is 0. The van der Waals surface area contributed by atoms with Crippen LogP contribution in [0.2, 0.25) is 0 Å². The van der Waals surface area contributed by atoms with Crippen molar-refractivity contribution in [1.82, 2.24) is 4.98 Å². The fourth-order valence-corrected chi connectivity index (χ4v) is 3.25. The van der Waals surface area contributed by atoms with Crippen LogP contribution in [0.3, 0.4) is 0 Å². The Morgan fingerprint density at radius 2 is 1.79 bits per heavy atom. The van der Waals surface area contributed by atoms with Gasteiger partial charge < -0.3 is 0 Å². The van der Waals surface area contributed by atoms with Gasteiger partial charge in [0.1, 0.15) is 5.82 Å². The van der Waals surface area contributed by atoms with E-state index in [1.807, 2.05) is 0 Å². The normalized spacial score (nSPS) is 11.0. The van der Waals surface area contributed by atoms with Crippen molar-refractivity contribution in [2.75, 3.05) is 4.90 Å². The number of amides is 1. The van der Waals surface area contributed by atoms with Crippen molar-refractivity contribution in [3.05, 3.63) is 82.6 Å². The molecule has 0 saturated carbocycles. The van der Waals surface area contributed by atoms with Crippen LogP contribution >= 0.6 is 11.3 Å². The second-order valence-electron chi connectivity index (χ2n) is 5.69. The van der Waals surface area contributed by atoms with Gasteiger partial charge in [-0.3, -0.25) is 14.5 Å². The molecule has 3 rings (SSSR count). The maximum Gasteiger partial charge on any atom is 0.230 e. The van der Waals surface area contributed by atoms with Gasteiger partial charge in [0.15, 0.2) is 22.5 Å². The van der Waals surface area contributed by atoms with Crippen molar-refractivity contribution in [2.45, 2.75) is 6.92 Å². The minimum Gasteiger partial charge on any atom is -0.289 e. The summed E-state index contributed by atoms with van der Waals surface area (Å²) in [5, 5.41) is 1.82. The summed E-state index contributed by atoms with van der Waals surface area (Å²) in [5.74, 6) is -3.68. The summed E-state index contributed by atoms with van der Waals surface area (Å²) >= 11 is 1.10. The van der Waals surface area contributed by atoms with Gasteiger partial charge in [0, 0.05) is 17.9 Å². The largest absolute Gasteiger partial charge is 0.289 e. The number of rotatable bonds is 5. The van der Waals surface area contributed by atoms with E-state index < -0.39 is 29.1 Å². The Hall–Kier alpha value is -3.26. The number of carbonyl (C=O) groups excluding carboxylic acids is 2. The zero-order valence-electron chi connectivity index (χ0n) is 14.5. The van der Waals surface area contributed by atoms with Crippen molar-refractivity contribution >= 4 is 39.9 Å². The van der Waals surface area contributed by atoms with E-state index in [2.05, 4.69) is 4.98 Å². The monoisotopic (exact) mass is 402 g/mol. The van der Waals surface area contributed by atoms with Crippen LogP contribution in [0.25, 0.3) is 6.08 Å². The van der Waals surface area contributed by atoms with Crippen LogP contribution in [0.15, 0.2) is 53.9 Å². The molecular weight excluding hydrogens is 389 g/mol. The van der Waals surface area contributed by atoms with Gasteiger partial charge in [-0.15, -0.1) is 11.3 Å². The highest BCUT2D eigenvalue weighted by Crippen LogP contribution is 2.31. The van der Waals surface area contributed by atoms with Crippen LogP contribution in [0, 0.1) is 17.5 Å². The lowest BCUT2D eigenvalue weighted by Gasteiger charge is -2.18. The predicted molar refractivity (Wildman–Crippen MR) is 101 cm³/mol. The first-order chi connectivity index (χ1) is 13.4. The molecule has 0 radical (unpaired) electrons. The lowest BCUT2D eigenvalue weighted by atomic mass is 10.1. The smallest absolute Gasteiger partial charge is 0.230 e. The third-order valence-electron chi connectivity index (χ3n) is 3.72. The SMILES string of the molecule is CC(=O)N(c1nc(/C=C/C(=O)c2ccc(F)c(F)c2)cs1)c1ccccc1F. The number of hydrogen-bond donors (Lipinski definition) is 0. The summed E-state index contributed by atoms with van der Waals surface area (Å²) in [6.45, 7) is 1.29. The van der Waals surface area contributed by atoms with Crippen molar-refractivity contribution < 1.29 is 22.8 Å². The molecule has 0 aliphatic carbocycles. The second kappa shape index (κ2) is 8.18. The van der Waals surface area contributed by atoms with Gasteiger partial charge in [0.25, 0.3) is 0 Å². The zero-order valence-corrected chi connectivity index (χ0v) is 15.3. The van der Waals surface area contributed by atoms with Crippen LogP contribution < -0.4 is 4.90 Å². The first kappa shape index (κ1) is 19.5. The molecule has 3 aromatic rings.